The van der Waals surface area contributed by atoms with Gasteiger partial charge in [0.2, 0.25) is 0 Å². The summed E-state index contributed by atoms with van der Waals surface area (Å²) >= 11 is 0. The summed E-state index contributed by atoms with van der Waals surface area (Å²) in [5.74, 6) is 0. The van der Waals surface area contributed by atoms with Crippen molar-refractivity contribution in [1.29, 1.82) is 0 Å². The average molecular weight is 257 g/mol. The third-order valence-corrected chi connectivity index (χ3v) is 2.75. The van der Waals surface area contributed by atoms with Gasteiger partial charge in [-0.3, -0.25) is 0 Å². The second kappa shape index (κ2) is 5.44. The summed E-state index contributed by atoms with van der Waals surface area (Å²) in [4.78, 5) is 1.33. The fraction of sp³-hybridized carbons (Fsp3) is 0.385. The predicted molar refractivity (Wildman–Crippen MR) is 62.9 cm³/mol. The van der Waals surface area contributed by atoms with Gasteiger partial charge in [-0.05, 0) is 11.6 Å². The largest absolute Gasteiger partial charge is 0.431 e. The molecule has 1 aromatic rings. The first-order chi connectivity index (χ1) is 8.57. The maximum absolute atomic E-state index is 13.0. The zero-order valence-electron chi connectivity index (χ0n) is 9.78. The third-order valence-electron chi connectivity index (χ3n) is 2.75. The van der Waals surface area contributed by atoms with Crippen LogP contribution in [-0.2, 0) is 4.74 Å². The summed E-state index contributed by atoms with van der Waals surface area (Å²) in [6.45, 7) is 1.22. The van der Waals surface area contributed by atoms with Crippen molar-refractivity contribution >= 4 is 6.08 Å². The Morgan fingerprint density at radius 3 is 2.28 bits per heavy atom. The quantitative estimate of drug-likeness (QED) is 0.807. The third kappa shape index (κ3) is 3.26. The molecule has 1 aliphatic heterocycles. The van der Waals surface area contributed by atoms with E-state index in [1.807, 2.05) is 0 Å². The Bertz CT molecular complexity index is 408. The van der Waals surface area contributed by atoms with E-state index < -0.39 is 11.9 Å². The Labute approximate surface area is 104 Å². The second-order valence-electron chi connectivity index (χ2n) is 4.04. The molecule has 1 saturated heterocycles. The summed E-state index contributed by atoms with van der Waals surface area (Å²) in [7, 11) is 0. The van der Waals surface area contributed by atoms with E-state index in [1.165, 1.54) is 11.0 Å². The van der Waals surface area contributed by atoms with E-state index >= 15 is 0 Å². The lowest BCUT2D eigenvalue weighted by Crippen LogP contribution is -2.40. The standard InChI is InChI=1S/C13H14F3NO/c14-13(15,16)12(17-6-8-18-9-7-17)10-11-4-2-1-3-5-11/h1-5,10H,6-9H2/b12-10+. The molecule has 1 heterocycles. The fourth-order valence-electron chi connectivity index (χ4n) is 1.86. The average Bonchev–Trinajstić information content (AvgIpc) is 2.37. The Hall–Kier alpha value is -1.49. The molecule has 98 valence electrons. The summed E-state index contributed by atoms with van der Waals surface area (Å²) in [5.41, 5.74) is -0.0479. The van der Waals surface area contributed by atoms with Crippen molar-refractivity contribution in [1.82, 2.24) is 4.90 Å². The highest BCUT2D eigenvalue weighted by molar-refractivity contribution is 5.53. The van der Waals surface area contributed by atoms with Crippen molar-refractivity contribution in [3.63, 3.8) is 0 Å². The Morgan fingerprint density at radius 2 is 1.72 bits per heavy atom. The van der Waals surface area contributed by atoms with Crippen molar-refractivity contribution < 1.29 is 17.9 Å². The van der Waals surface area contributed by atoms with E-state index in [1.54, 1.807) is 30.3 Å². The monoisotopic (exact) mass is 257 g/mol. The van der Waals surface area contributed by atoms with Gasteiger partial charge in [0, 0.05) is 13.1 Å². The van der Waals surface area contributed by atoms with Gasteiger partial charge in [0.05, 0.1) is 13.2 Å². The Balaban J connectivity index is 2.28. The molecule has 5 heteroatoms. The zero-order chi connectivity index (χ0) is 13.0. The maximum atomic E-state index is 13.0. The molecule has 0 spiro atoms. The molecule has 0 bridgehead atoms. The van der Waals surface area contributed by atoms with Crippen molar-refractivity contribution in [2.24, 2.45) is 0 Å². The van der Waals surface area contributed by atoms with Crippen LogP contribution in [0.3, 0.4) is 0 Å². The molecule has 2 rings (SSSR count). The van der Waals surface area contributed by atoms with Crippen LogP contribution in [0.1, 0.15) is 5.56 Å². The zero-order valence-corrected chi connectivity index (χ0v) is 9.78. The number of hydrogen-bond acceptors (Lipinski definition) is 2. The van der Waals surface area contributed by atoms with Crippen LogP contribution < -0.4 is 0 Å². The molecule has 2 nitrogen and oxygen atoms in total. The maximum Gasteiger partial charge on any atom is 0.431 e. The lowest BCUT2D eigenvalue weighted by molar-refractivity contribution is -0.116. The lowest BCUT2D eigenvalue weighted by atomic mass is 10.1. The Kier molecular flexibility index (Phi) is 3.91. The molecule has 1 aliphatic rings. The van der Waals surface area contributed by atoms with Crippen LogP contribution in [0, 0.1) is 0 Å². The van der Waals surface area contributed by atoms with Gasteiger partial charge in [-0.25, -0.2) is 0 Å². The van der Waals surface area contributed by atoms with Crippen molar-refractivity contribution in [3.8, 4) is 0 Å². The van der Waals surface area contributed by atoms with Crippen LogP contribution in [0.5, 0.6) is 0 Å². The van der Waals surface area contributed by atoms with E-state index in [0.29, 0.717) is 18.8 Å². The van der Waals surface area contributed by atoms with E-state index in [4.69, 9.17) is 4.74 Å². The summed E-state index contributed by atoms with van der Waals surface area (Å²) in [6.07, 6.45) is -3.15. The smallest absolute Gasteiger partial charge is 0.378 e. The van der Waals surface area contributed by atoms with Crippen molar-refractivity contribution in [3.05, 3.63) is 41.6 Å². The number of morpholine rings is 1. The number of ether oxygens (including phenoxy) is 1. The summed E-state index contributed by atoms with van der Waals surface area (Å²) in [6, 6.07) is 8.54. The molecular weight excluding hydrogens is 243 g/mol. The molecule has 18 heavy (non-hydrogen) atoms. The lowest BCUT2D eigenvalue weighted by Gasteiger charge is -2.32. The number of benzene rings is 1. The van der Waals surface area contributed by atoms with E-state index in [2.05, 4.69) is 0 Å². The minimum Gasteiger partial charge on any atom is -0.378 e. The molecular formula is C13H14F3NO. The van der Waals surface area contributed by atoms with Gasteiger partial charge >= 0.3 is 6.18 Å². The molecule has 0 radical (unpaired) electrons. The number of nitrogens with zero attached hydrogens (tertiary/aromatic N) is 1. The normalized spacial score (nSPS) is 17.9. The predicted octanol–water partition coefficient (Wildman–Crippen LogP) is 2.92. The number of halogens is 3. The first-order valence-electron chi connectivity index (χ1n) is 5.74. The molecule has 0 N–H and O–H groups in total. The molecule has 0 aromatic heterocycles. The first kappa shape index (κ1) is 13.0. The van der Waals surface area contributed by atoms with Gasteiger partial charge in [0.1, 0.15) is 5.70 Å². The van der Waals surface area contributed by atoms with Gasteiger partial charge in [-0.15, -0.1) is 0 Å². The fourth-order valence-corrected chi connectivity index (χ4v) is 1.86. The van der Waals surface area contributed by atoms with Crippen LogP contribution in [-0.4, -0.2) is 37.4 Å². The molecule has 0 saturated carbocycles. The molecule has 0 amide bonds. The highest BCUT2D eigenvalue weighted by Gasteiger charge is 2.37. The molecule has 0 atom stereocenters. The summed E-state index contributed by atoms with van der Waals surface area (Å²) in [5, 5.41) is 0. The SMILES string of the molecule is FC(F)(F)/C(=C\c1ccccc1)N1CCOCC1. The second-order valence-corrected chi connectivity index (χ2v) is 4.04. The topological polar surface area (TPSA) is 12.5 Å². The molecule has 0 aliphatic carbocycles. The number of allylic oxidation sites excluding steroid dienone is 1. The highest BCUT2D eigenvalue weighted by Crippen LogP contribution is 2.30. The molecule has 0 unspecified atom stereocenters. The Morgan fingerprint density at radius 1 is 1.11 bits per heavy atom. The first-order valence-corrected chi connectivity index (χ1v) is 5.74. The van der Waals surface area contributed by atoms with Gasteiger partial charge in [0.25, 0.3) is 0 Å². The highest BCUT2D eigenvalue weighted by atomic mass is 19.4. The van der Waals surface area contributed by atoms with Gasteiger partial charge in [-0.2, -0.15) is 13.2 Å². The van der Waals surface area contributed by atoms with Crippen LogP contribution >= 0.6 is 0 Å². The van der Waals surface area contributed by atoms with Crippen LogP contribution in [0.25, 0.3) is 6.08 Å². The number of hydrogen-bond donors (Lipinski definition) is 0. The van der Waals surface area contributed by atoms with E-state index in [-0.39, 0.29) is 13.1 Å². The van der Waals surface area contributed by atoms with Crippen LogP contribution in [0.2, 0.25) is 0 Å². The minimum atomic E-state index is -4.34. The van der Waals surface area contributed by atoms with E-state index in [0.717, 1.165) is 0 Å². The number of alkyl halides is 3. The van der Waals surface area contributed by atoms with Gasteiger partial charge < -0.3 is 9.64 Å². The van der Waals surface area contributed by atoms with Gasteiger partial charge in [-0.1, -0.05) is 30.3 Å². The van der Waals surface area contributed by atoms with Crippen molar-refractivity contribution in [2.45, 2.75) is 6.18 Å². The van der Waals surface area contributed by atoms with Crippen LogP contribution in [0.4, 0.5) is 13.2 Å². The van der Waals surface area contributed by atoms with Crippen LogP contribution in [0.15, 0.2) is 36.0 Å². The molecule has 1 aromatic carbocycles. The van der Waals surface area contributed by atoms with Gasteiger partial charge in [0.15, 0.2) is 0 Å². The van der Waals surface area contributed by atoms with Crippen molar-refractivity contribution in [2.75, 3.05) is 26.3 Å². The number of rotatable bonds is 2. The molecule has 1 fully saturated rings. The minimum absolute atomic E-state index is 0.276. The van der Waals surface area contributed by atoms with E-state index in [9.17, 15) is 13.2 Å². The summed E-state index contributed by atoms with van der Waals surface area (Å²) < 4.78 is 44.2.